The summed E-state index contributed by atoms with van der Waals surface area (Å²) in [5.74, 6) is -0.0524. The molecule has 96 valence electrons. The standard InChI is InChI=1S/C14H10FNO2S/c1-18-12-8-9(15)6-7-11(12)16-14(17)10-4-2-3-5-13(10)19-16/h2-8H,1H3. The maximum Gasteiger partial charge on any atom is 0.273 e. The van der Waals surface area contributed by atoms with Gasteiger partial charge in [-0.15, -0.1) is 0 Å². The maximum atomic E-state index is 13.2. The molecule has 0 atom stereocenters. The van der Waals surface area contributed by atoms with Crippen LogP contribution in [0.2, 0.25) is 0 Å². The molecule has 0 saturated carbocycles. The van der Waals surface area contributed by atoms with Crippen LogP contribution in [0.4, 0.5) is 4.39 Å². The number of methoxy groups -OCH3 is 1. The fourth-order valence-electron chi connectivity index (χ4n) is 1.95. The summed E-state index contributed by atoms with van der Waals surface area (Å²) in [6, 6.07) is 11.5. The molecule has 0 fully saturated rings. The van der Waals surface area contributed by atoms with Crippen molar-refractivity contribution in [2.75, 3.05) is 7.11 Å². The number of hydrogen-bond donors (Lipinski definition) is 0. The zero-order valence-corrected chi connectivity index (χ0v) is 10.9. The van der Waals surface area contributed by atoms with Gasteiger partial charge < -0.3 is 4.74 Å². The Kier molecular flexibility index (Phi) is 2.83. The monoisotopic (exact) mass is 275 g/mol. The first-order valence-corrected chi connectivity index (χ1v) is 6.43. The molecule has 0 aliphatic heterocycles. The quantitative estimate of drug-likeness (QED) is 0.719. The van der Waals surface area contributed by atoms with Gasteiger partial charge in [-0.2, -0.15) is 0 Å². The molecule has 0 N–H and O–H groups in total. The van der Waals surface area contributed by atoms with Crippen molar-refractivity contribution >= 4 is 21.6 Å². The normalized spacial score (nSPS) is 10.8. The lowest BCUT2D eigenvalue weighted by atomic mass is 10.2. The number of aromatic nitrogens is 1. The van der Waals surface area contributed by atoms with E-state index in [2.05, 4.69) is 0 Å². The van der Waals surface area contributed by atoms with Crippen LogP contribution in [0.15, 0.2) is 47.3 Å². The van der Waals surface area contributed by atoms with E-state index in [-0.39, 0.29) is 5.56 Å². The van der Waals surface area contributed by atoms with Crippen LogP contribution in [0.1, 0.15) is 0 Å². The molecule has 1 aromatic heterocycles. The maximum absolute atomic E-state index is 13.2. The van der Waals surface area contributed by atoms with Crippen molar-refractivity contribution in [2.24, 2.45) is 0 Å². The topological polar surface area (TPSA) is 31.2 Å². The van der Waals surface area contributed by atoms with Crippen molar-refractivity contribution in [3.63, 3.8) is 0 Å². The summed E-state index contributed by atoms with van der Waals surface area (Å²) in [6.45, 7) is 0. The lowest BCUT2D eigenvalue weighted by molar-refractivity contribution is 0.410. The van der Waals surface area contributed by atoms with Gasteiger partial charge in [0.2, 0.25) is 0 Å². The largest absolute Gasteiger partial charge is 0.494 e. The van der Waals surface area contributed by atoms with Crippen molar-refractivity contribution in [1.82, 2.24) is 3.96 Å². The third-order valence-electron chi connectivity index (χ3n) is 2.85. The molecule has 3 rings (SSSR count). The van der Waals surface area contributed by atoms with E-state index >= 15 is 0 Å². The molecule has 0 amide bonds. The Balaban J connectivity index is 2.30. The Labute approximate surface area is 112 Å². The highest BCUT2D eigenvalue weighted by molar-refractivity contribution is 7.14. The number of hydrogen-bond acceptors (Lipinski definition) is 3. The van der Waals surface area contributed by atoms with Gasteiger partial charge in [-0.3, -0.25) is 4.79 Å². The van der Waals surface area contributed by atoms with Crippen molar-refractivity contribution in [3.05, 3.63) is 58.6 Å². The van der Waals surface area contributed by atoms with E-state index in [1.807, 2.05) is 18.2 Å². The minimum Gasteiger partial charge on any atom is -0.494 e. The van der Waals surface area contributed by atoms with Crippen LogP contribution in [0, 0.1) is 5.82 Å². The summed E-state index contributed by atoms with van der Waals surface area (Å²) in [4.78, 5) is 12.3. The van der Waals surface area contributed by atoms with Gasteiger partial charge in [-0.05, 0) is 24.3 Å². The lowest BCUT2D eigenvalue weighted by Crippen LogP contribution is -2.11. The number of rotatable bonds is 2. The van der Waals surface area contributed by atoms with E-state index in [4.69, 9.17) is 4.74 Å². The highest BCUT2D eigenvalue weighted by Crippen LogP contribution is 2.27. The van der Waals surface area contributed by atoms with Gasteiger partial charge in [0.05, 0.1) is 17.2 Å². The first kappa shape index (κ1) is 11.9. The predicted octanol–water partition coefficient (Wildman–Crippen LogP) is 3.20. The molecule has 3 aromatic rings. The molecule has 19 heavy (non-hydrogen) atoms. The van der Waals surface area contributed by atoms with Crippen LogP contribution in [0.3, 0.4) is 0 Å². The molecular weight excluding hydrogens is 265 g/mol. The predicted molar refractivity (Wildman–Crippen MR) is 73.9 cm³/mol. The van der Waals surface area contributed by atoms with Gasteiger partial charge in [0.15, 0.2) is 0 Å². The Morgan fingerprint density at radius 2 is 2.00 bits per heavy atom. The van der Waals surface area contributed by atoms with Crippen molar-refractivity contribution < 1.29 is 9.13 Å². The summed E-state index contributed by atoms with van der Waals surface area (Å²) in [6.07, 6.45) is 0. The zero-order chi connectivity index (χ0) is 13.4. The highest BCUT2D eigenvalue weighted by atomic mass is 32.1. The molecule has 1 heterocycles. The Morgan fingerprint density at radius 3 is 2.74 bits per heavy atom. The van der Waals surface area contributed by atoms with Crippen LogP contribution in [-0.2, 0) is 0 Å². The van der Waals surface area contributed by atoms with Crippen LogP contribution >= 0.6 is 11.5 Å². The van der Waals surface area contributed by atoms with Crippen LogP contribution in [0.25, 0.3) is 15.8 Å². The first-order valence-electron chi connectivity index (χ1n) is 5.65. The molecule has 0 aliphatic rings. The number of benzene rings is 2. The molecule has 3 nitrogen and oxygen atoms in total. The van der Waals surface area contributed by atoms with Crippen LogP contribution in [0.5, 0.6) is 5.75 Å². The molecule has 0 aliphatic carbocycles. The fraction of sp³-hybridized carbons (Fsp3) is 0.0714. The summed E-state index contributed by atoms with van der Waals surface area (Å²) in [7, 11) is 1.45. The van der Waals surface area contributed by atoms with Gasteiger partial charge >= 0.3 is 0 Å². The van der Waals surface area contributed by atoms with Crippen molar-refractivity contribution in [3.8, 4) is 11.4 Å². The summed E-state index contributed by atoms with van der Waals surface area (Å²) in [5, 5.41) is 0.652. The van der Waals surface area contributed by atoms with E-state index in [1.54, 1.807) is 12.1 Å². The summed E-state index contributed by atoms with van der Waals surface area (Å²) in [5.41, 5.74) is 0.431. The summed E-state index contributed by atoms with van der Waals surface area (Å²) >= 11 is 1.31. The number of nitrogens with zero attached hydrogens (tertiary/aromatic N) is 1. The summed E-state index contributed by atoms with van der Waals surface area (Å²) < 4.78 is 20.7. The Morgan fingerprint density at radius 1 is 1.21 bits per heavy atom. The second-order valence-corrected chi connectivity index (χ2v) is 4.99. The average Bonchev–Trinajstić information content (AvgIpc) is 2.76. The Hall–Kier alpha value is -2.14. The lowest BCUT2D eigenvalue weighted by Gasteiger charge is -2.07. The van der Waals surface area contributed by atoms with Crippen molar-refractivity contribution in [1.29, 1.82) is 0 Å². The molecule has 0 bridgehead atoms. The molecule has 2 aromatic carbocycles. The first-order chi connectivity index (χ1) is 9.20. The number of halogens is 1. The van der Waals surface area contributed by atoms with Gasteiger partial charge in [-0.25, -0.2) is 8.35 Å². The van der Waals surface area contributed by atoms with Crippen LogP contribution < -0.4 is 10.3 Å². The van der Waals surface area contributed by atoms with Gasteiger partial charge in [0.1, 0.15) is 17.3 Å². The number of ether oxygens (including phenoxy) is 1. The third kappa shape index (κ3) is 1.92. The third-order valence-corrected chi connectivity index (χ3v) is 3.95. The average molecular weight is 275 g/mol. The molecule has 0 saturated heterocycles. The Bertz CT molecular complexity index is 807. The smallest absolute Gasteiger partial charge is 0.273 e. The minimum absolute atomic E-state index is 0.120. The van der Waals surface area contributed by atoms with Crippen LogP contribution in [-0.4, -0.2) is 11.1 Å². The minimum atomic E-state index is -0.394. The molecule has 0 spiro atoms. The van der Waals surface area contributed by atoms with Gasteiger partial charge in [0, 0.05) is 6.07 Å². The van der Waals surface area contributed by atoms with Crippen molar-refractivity contribution in [2.45, 2.75) is 0 Å². The second kappa shape index (κ2) is 4.51. The van der Waals surface area contributed by atoms with E-state index in [9.17, 15) is 9.18 Å². The van der Waals surface area contributed by atoms with E-state index in [0.717, 1.165) is 4.70 Å². The second-order valence-electron chi connectivity index (χ2n) is 4.00. The molecular formula is C14H10FNO2S. The molecule has 0 radical (unpaired) electrons. The number of fused-ring (bicyclic) bond motifs is 1. The van der Waals surface area contributed by atoms with Gasteiger partial charge in [-0.1, -0.05) is 23.7 Å². The van der Waals surface area contributed by atoms with E-state index < -0.39 is 5.82 Å². The molecule has 5 heteroatoms. The highest BCUT2D eigenvalue weighted by Gasteiger charge is 2.13. The fourth-order valence-corrected chi connectivity index (χ4v) is 2.97. The molecule has 0 unspecified atom stereocenters. The zero-order valence-electron chi connectivity index (χ0n) is 10.1. The van der Waals surface area contributed by atoms with Gasteiger partial charge in [0.25, 0.3) is 5.56 Å². The SMILES string of the molecule is COc1cc(F)ccc1-n1sc2ccccc2c1=O. The van der Waals surface area contributed by atoms with E-state index in [0.29, 0.717) is 16.8 Å². The van der Waals surface area contributed by atoms with E-state index in [1.165, 1.54) is 34.7 Å².